The van der Waals surface area contributed by atoms with Crippen molar-refractivity contribution in [2.45, 2.75) is 13.5 Å². The van der Waals surface area contributed by atoms with Crippen LogP contribution in [0.15, 0.2) is 41.9 Å². The number of benzene rings is 1. The minimum atomic E-state index is 0.778. The molecule has 3 heteroatoms. The maximum absolute atomic E-state index is 4.55. The molecular weight excluding hydrogens is 210 g/mol. The maximum Gasteiger partial charge on any atom is 0.159 e. The summed E-state index contributed by atoms with van der Waals surface area (Å²) in [4.78, 5) is 8.59. The molecule has 0 atom stereocenters. The van der Waals surface area contributed by atoms with Gasteiger partial charge in [-0.3, -0.25) is 0 Å². The van der Waals surface area contributed by atoms with Crippen LogP contribution in [0.4, 0.5) is 5.82 Å². The molecule has 3 nitrogen and oxygen atoms in total. The fourth-order valence-corrected chi connectivity index (χ4v) is 1.87. The van der Waals surface area contributed by atoms with Crippen LogP contribution in [-0.4, -0.2) is 16.3 Å². The van der Waals surface area contributed by atoms with Crippen molar-refractivity contribution < 1.29 is 0 Å². The summed E-state index contributed by atoms with van der Waals surface area (Å²) in [5, 5.41) is 0. The monoisotopic (exact) mass is 225 g/mol. The molecule has 1 aromatic carbocycles. The summed E-state index contributed by atoms with van der Waals surface area (Å²) in [7, 11) is 0. The SMILES string of the molecule is C=Cc1nc(-c2ccccc2)n(CC)c1N=C. The van der Waals surface area contributed by atoms with Crippen LogP contribution in [0, 0.1) is 0 Å². The summed E-state index contributed by atoms with van der Waals surface area (Å²) in [6, 6.07) is 10.1. The second-order valence-electron chi connectivity index (χ2n) is 3.62. The number of aromatic nitrogens is 2. The van der Waals surface area contributed by atoms with E-state index < -0.39 is 0 Å². The highest BCUT2D eigenvalue weighted by atomic mass is 15.2. The minimum absolute atomic E-state index is 0.778. The van der Waals surface area contributed by atoms with Gasteiger partial charge in [-0.25, -0.2) is 9.98 Å². The molecule has 0 bridgehead atoms. The van der Waals surface area contributed by atoms with Gasteiger partial charge in [0.1, 0.15) is 11.5 Å². The lowest BCUT2D eigenvalue weighted by Gasteiger charge is -2.06. The molecule has 86 valence electrons. The van der Waals surface area contributed by atoms with Crippen LogP contribution >= 0.6 is 0 Å². The van der Waals surface area contributed by atoms with E-state index in [1.807, 2.05) is 34.9 Å². The molecule has 0 saturated heterocycles. The summed E-state index contributed by atoms with van der Waals surface area (Å²) < 4.78 is 2.04. The van der Waals surface area contributed by atoms with Crippen LogP contribution < -0.4 is 0 Å². The summed E-state index contributed by atoms with van der Waals surface area (Å²) in [5.41, 5.74) is 1.85. The molecule has 0 saturated carbocycles. The summed E-state index contributed by atoms with van der Waals surface area (Å²) in [6.45, 7) is 10.2. The van der Waals surface area contributed by atoms with Gasteiger partial charge in [-0.2, -0.15) is 0 Å². The molecule has 0 aliphatic heterocycles. The molecule has 0 N–H and O–H groups in total. The summed E-state index contributed by atoms with van der Waals surface area (Å²) in [5.74, 6) is 1.69. The van der Waals surface area contributed by atoms with E-state index in [2.05, 4.69) is 30.2 Å². The van der Waals surface area contributed by atoms with Gasteiger partial charge in [0.15, 0.2) is 5.82 Å². The molecule has 0 amide bonds. The molecular formula is C14H15N3. The van der Waals surface area contributed by atoms with Crippen molar-refractivity contribution in [3.8, 4) is 11.4 Å². The van der Waals surface area contributed by atoms with Gasteiger partial charge < -0.3 is 4.57 Å². The average molecular weight is 225 g/mol. The molecule has 0 aliphatic rings. The highest BCUT2D eigenvalue weighted by Crippen LogP contribution is 2.28. The largest absolute Gasteiger partial charge is 0.309 e. The molecule has 0 radical (unpaired) electrons. The first-order valence-corrected chi connectivity index (χ1v) is 5.57. The van der Waals surface area contributed by atoms with Gasteiger partial charge in [-0.05, 0) is 19.7 Å². The first-order chi connectivity index (χ1) is 8.31. The highest BCUT2D eigenvalue weighted by Gasteiger charge is 2.13. The van der Waals surface area contributed by atoms with Gasteiger partial charge in [0, 0.05) is 12.1 Å². The first-order valence-electron chi connectivity index (χ1n) is 5.57. The Morgan fingerprint density at radius 3 is 2.59 bits per heavy atom. The molecule has 0 fully saturated rings. The predicted octanol–water partition coefficient (Wildman–Crippen LogP) is 3.55. The molecule has 0 unspecified atom stereocenters. The van der Waals surface area contributed by atoms with E-state index in [4.69, 9.17) is 0 Å². The number of rotatable bonds is 4. The topological polar surface area (TPSA) is 30.2 Å². The van der Waals surface area contributed by atoms with Crippen molar-refractivity contribution >= 4 is 18.6 Å². The van der Waals surface area contributed by atoms with Crippen molar-refractivity contribution in [3.05, 3.63) is 42.6 Å². The zero-order valence-electron chi connectivity index (χ0n) is 9.93. The standard InChI is InChI=1S/C14H15N3/c1-4-12-14(15-3)17(5-2)13(16-12)11-9-7-6-8-10-11/h4,6-10H,1,3,5H2,2H3. The lowest BCUT2D eigenvalue weighted by atomic mass is 10.2. The number of aliphatic imine (C=N–C) groups is 1. The predicted molar refractivity (Wildman–Crippen MR) is 72.6 cm³/mol. The van der Waals surface area contributed by atoms with E-state index in [1.165, 1.54) is 0 Å². The molecule has 0 aliphatic carbocycles. The second-order valence-corrected chi connectivity index (χ2v) is 3.62. The van der Waals surface area contributed by atoms with Crippen LogP contribution in [0.1, 0.15) is 12.6 Å². The molecule has 1 aromatic heterocycles. The maximum atomic E-state index is 4.55. The number of nitrogens with zero attached hydrogens (tertiary/aromatic N) is 3. The van der Waals surface area contributed by atoms with Gasteiger partial charge in [0.25, 0.3) is 0 Å². The highest BCUT2D eigenvalue weighted by molar-refractivity contribution is 5.67. The van der Waals surface area contributed by atoms with E-state index in [-0.39, 0.29) is 0 Å². The Bertz CT molecular complexity index is 538. The number of hydrogen-bond donors (Lipinski definition) is 0. The van der Waals surface area contributed by atoms with Crippen molar-refractivity contribution in [2.75, 3.05) is 0 Å². The fraction of sp³-hybridized carbons (Fsp3) is 0.143. The zero-order valence-corrected chi connectivity index (χ0v) is 9.93. The molecule has 2 aromatic rings. The Hall–Kier alpha value is -2.16. The third kappa shape index (κ3) is 1.91. The van der Waals surface area contributed by atoms with E-state index in [0.717, 1.165) is 29.4 Å². The van der Waals surface area contributed by atoms with Crippen molar-refractivity contribution in [3.63, 3.8) is 0 Å². The number of imidazole rings is 1. The Morgan fingerprint density at radius 2 is 2.06 bits per heavy atom. The van der Waals surface area contributed by atoms with Gasteiger partial charge in [0.05, 0.1) is 0 Å². The molecule has 2 rings (SSSR count). The lowest BCUT2D eigenvalue weighted by Crippen LogP contribution is -1.96. The average Bonchev–Trinajstić information content (AvgIpc) is 2.77. The normalized spacial score (nSPS) is 10.2. The van der Waals surface area contributed by atoms with E-state index in [1.54, 1.807) is 6.08 Å². The van der Waals surface area contributed by atoms with Gasteiger partial charge >= 0.3 is 0 Å². The summed E-state index contributed by atoms with van der Waals surface area (Å²) >= 11 is 0. The van der Waals surface area contributed by atoms with E-state index in [0.29, 0.717) is 0 Å². The zero-order chi connectivity index (χ0) is 12.3. The van der Waals surface area contributed by atoms with Crippen LogP contribution in [0.2, 0.25) is 0 Å². The molecule has 1 heterocycles. The second kappa shape index (κ2) is 4.78. The third-order valence-electron chi connectivity index (χ3n) is 2.66. The Morgan fingerprint density at radius 1 is 1.35 bits per heavy atom. The minimum Gasteiger partial charge on any atom is -0.309 e. The van der Waals surface area contributed by atoms with Gasteiger partial charge in [0.2, 0.25) is 0 Å². The van der Waals surface area contributed by atoms with E-state index >= 15 is 0 Å². The van der Waals surface area contributed by atoms with E-state index in [9.17, 15) is 0 Å². The van der Waals surface area contributed by atoms with Crippen LogP contribution in [0.5, 0.6) is 0 Å². The fourth-order valence-electron chi connectivity index (χ4n) is 1.87. The Kier molecular flexibility index (Phi) is 3.19. The quantitative estimate of drug-likeness (QED) is 0.732. The lowest BCUT2D eigenvalue weighted by molar-refractivity contribution is 0.774. The van der Waals surface area contributed by atoms with Gasteiger partial charge in [-0.1, -0.05) is 36.9 Å². The third-order valence-corrected chi connectivity index (χ3v) is 2.66. The Balaban J connectivity index is 2.66. The van der Waals surface area contributed by atoms with Crippen molar-refractivity contribution in [2.24, 2.45) is 4.99 Å². The molecule has 0 spiro atoms. The van der Waals surface area contributed by atoms with Crippen LogP contribution in [0.25, 0.3) is 17.5 Å². The van der Waals surface area contributed by atoms with Crippen LogP contribution in [0.3, 0.4) is 0 Å². The van der Waals surface area contributed by atoms with Crippen molar-refractivity contribution in [1.82, 2.24) is 9.55 Å². The van der Waals surface area contributed by atoms with Crippen molar-refractivity contribution in [1.29, 1.82) is 0 Å². The first kappa shape index (κ1) is 11.3. The Labute approximate surface area is 101 Å². The van der Waals surface area contributed by atoms with Gasteiger partial charge in [-0.15, -0.1) is 0 Å². The number of hydrogen-bond acceptors (Lipinski definition) is 2. The van der Waals surface area contributed by atoms with Crippen LogP contribution in [-0.2, 0) is 6.54 Å². The molecule has 17 heavy (non-hydrogen) atoms. The smallest absolute Gasteiger partial charge is 0.159 e. The summed E-state index contributed by atoms with van der Waals surface area (Å²) in [6.07, 6.45) is 1.71.